The van der Waals surface area contributed by atoms with E-state index in [-0.39, 0.29) is 5.75 Å². The summed E-state index contributed by atoms with van der Waals surface area (Å²) in [6.07, 6.45) is 1.81. The van der Waals surface area contributed by atoms with Crippen LogP contribution in [0.3, 0.4) is 0 Å². The van der Waals surface area contributed by atoms with Crippen LogP contribution in [0.15, 0.2) is 24.3 Å². The minimum absolute atomic E-state index is 0.144. The zero-order valence-corrected chi connectivity index (χ0v) is 11.9. The van der Waals surface area contributed by atoms with E-state index in [9.17, 15) is 13.2 Å². The fourth-order valence-electron chi connectivity index (χ4n) is 1.57. The molecule has 0 aliphatic rings. The van der Waals surface area contributed by atoms with Crippen molar-refractivity contribution in [3.05, 3.63) is 29.8 Å². The molecular weight excluding hydrogens is 264 g/mol. The van der Waals surface area contributed by atoms with Crippen LogP contribution in [0.5, 0.6) is 0 Å². The molecule has 106 valence electrons. The maximum absolute atomic E-state index is 11.8. The highest BCUT2D eigenvalue weighted by atomic mass is 32.2. The zero-order chi connectivity index (χ0) is 14.3. The van der Waals surface area contributed by atoms with Gasteiger partial charge in [0.2, 0.25) is 5.91 Å². The van der Waals surface area contributed by atoms with E-state index >= 15 is 0 Å². The number of nitrogens with two attached hydrogens (primary N) is 1. The lowest BCUT2D eigenvalue weighted by molar-refractivity contribution is -0.118. The summed E-state index contributed by atoms with van der Waals surface area (Å²) in [5.41, 5.74) is 6.74. The number of hydrogen-bond donors (Lipinski definition) is 2. The van der Waals surface area contributed by atoms with E-state index < -0.39 is 21.5 Å². The molecule has 0 spiro atoms. The molecule has 0 aliphatic carbocycles. The number of unbranched alkanes of at least 4 members (excludes halogenated alkanes) is 1. The number of benzene rings is 1. The monoisotopic (exact) mass is 284 g/mol. The highest BCUT2D eigenvalue weighted by molar-refractivity contribution is 7.91. The van der Waals surface area contributed by atoms with Crippen LogP contribution in [0.25, 0.3) is 0 Å². The van der Waals surface area contributed by atoms with Crippen molar-refractivity contribution in [2.75, 3.05) is 18.0 Å². The van der Waals surface area contributed by atoms with Gasteiger partial charge in [-0.05, 0) is 24.1 Å². The Kier molecular flexibility index (Phi) is 5.82. The number of nitrogens with one attached hydrogen (secondary N) is 1. The van der Waals surface area contributed by atoms with Crippen LogP contribution < -0.4 is 11.1 Å². The predicted octanol–water partition coefficient (Wildman–Crippen LogP) is 1.10. The first-order chi connectivity index (χ1) is 8.93. The van der Waals surface area contributed by atoms with Crippen molar-refractivity contribution in [3.63, 3.8) is 0 Å². The van der Waals surface area contributed by atoms with E-state index in [0.717, 1.165) is 12.8 Å². The maximum Gasteiger partial charge on any atom is 0.235 e. The molecule has 5 nitrogen and oxygen atoms in total. The van der Waals surface area contributed by atoms with Crippen LogP contribution in [0, 0.1) is 0 Å². The largest absolute Gasteiger partial charge is 0.399 e. The summed E-state index contributed by atoms with van der Waals surface area (Å²) < 4.78 is 23.7. The molecule has 0 atom stereocenters. The minimum Gasteiger partial charge on any atom is -0.399 e. The molecule has 0 saturated carbocycles. The topological polar surface area (TPSA) is 89.3 Å². The molecule has 0 radical (unpaired) electrons. The standard InChI is InChI=1S/C13H20N2O3S/c1-2-3-8-15-13(16)10-19(17,18)9-11-4-6-12(14)7-5-11/h4-7H,2-3,8-10,14H2,1H3,(H,15,16). The molecule has 0 saturated heterocycles. The molecule has 0 unspecified atom stereocenters. The van der Waals surface area contributed by atoms with Gasteiger partial charge in [-0.1, -0.05) is 25.5 Å². The summed E-state index contributed by atoms with van der Waals surface area (Å²) in [7, 11) is -3.44. The highest BCUT2D eigenvalue weighted by Gasteiger charge is 2.16. The van der Waals surface area contributed by atoms with E-state index in [1.807, 2.05) is 6.92 Å². The summed E-state index contributed by atoms with van der Waals surface area (Å²) in [5, 5.41) is 2.60. The summed E-state index contributed by atoms with van der Waals surface area (Å²) in [6.45, 7) is 2.52. The molecule has 1 aromatic carbocycles. The number of rotatable bonds is 7. The molecule has 1 aromatic rings. The molecule has 0 aromatic heterocycles. The lowest BCUT2D eigenvalue weighted by Crippen LogP contribution is -2.31. The van der Waals surface area contributed by atoms with Crippen LogP contribution >= 0.6 is 0 Å². The Morgan fingerprint density at radius 1 is 1.26 bits per heavy atom. The van der Waals surface area contributed by atoms with E-state index in [2.05, 4.69) is 5.32 Å². The second kappa shape index (κ2) is 7.13. The third-order valence-corrected chi connectivity index (χ3v) is 4.04. The number of amides is 1. The SMILES string of the molecule is CCCCNC(=O)CS(=O)(=O)Cc1ccc(N)cc1. The van der Waals surface area contributed by atoms with Gasteiger partial charge in [0, 0.05) is 12.2 Å². The Balaban J connectivity index is 2.52. The fourth-order valence-corrected chi connectivity index (χ4v) is 2.88. The van der Waals surface area contributed by atoms with E-state index in [1.54, 1.807) is 24.3 Å². The Morgan fingerprint density at radius 3 is 2.47 bits per heavy atom. The van der Waals surface area contributed by atoms with Crippen molar-refractivity contribution >= 4 is 21.4 Å². The average molecular weight is 284 g/mol. The number of carbonyl (C=O) groups is 1. The zero-order valence-electron chi connectivity index (χ0n) is 11.1. The summed E-state index contributed by atoms with van der Waals surface area (Å²) in [6, 6.07) is 6.60. The first-order valence-electron chi connectivity index (χ1n) is 6.24. The molecule has 1 rings (SSSR count). The van der Waals surface area contributed by atoms with Crippen molar-refractivity contribution in [1.82, 2.24) is 5.32 Å². The number of nitrogen functional groups attached to an aromatic ring is 1. The minimum atomic E-state index is -3.44. The Hall–Kier alpha value is -1.56. The third-order valence-electron chi connectivity index (χ3n) is 2.57. The smallest absolute Gasteiger partial charge is 0.235 e. The summed E-state index contributed by atoms with van der Waals surface area (Å²) in [5.74, 6) is -1.06. The van der Waals surface area contributed by atoms with Gasteiger partial charge in [-0.3, -0.25) is 4.79 Å². The van der Waals surface area contributed by atoms with E-state index in [4.69, 9.17) is 5.73 Å². The Bertz CT molecular complexity index is 509. The number of sulfone groups is 1. The molecule has 6 heteroatoms. The van der Waals surface area contributed by atoms with Gasteiger partial charge in [0.05, 0.1) is 5.75 Å². The molecule has 0 aliphatic heterocycles. The van der Waals surface area contributed by atoms with Crippen LogP contribution in [-0.4, -0.2) is 26.6 Å². The fraction of sp³-hybridized carbons (Fsp3) is 0.462. The molecule has 1 amide bonds. The van der Waals surface area contributed by atoms with Gasteiger partial charge in [0.25, 0.3) is 0 Å². The van der Waals surface area contributed by atoms with Crippen LogP contribution in [-0.2, 0) is 20.4 Å². The van der Waals surface area contributed by atoms with Gasteiger partial charge >= 0.3 is 0 Å². The van der Waals surface area contributed by atoms with Gasteiger partial charge in [0.1, 0.15) is 5.75 Å². The van der Waals surface area contributed by atoms with Gasteiger partial charge in [0.15, 0.2) is 9.84 Å². The second-order valence-electron chi connectivity index (χ2n) is 4.48. The highest BCUT2D eigenvalue weighted by Crippen LogP contribution is 2.09. The predicted molar refractivity (Wildman–Crippen MR) is 76.3 cm³/mol. The van der Waals surface area contributed by atoms with Crippen molar-refractivity contribution in [3.8, 4) is 0 Å². The molecule has 3 N–H and O–H groups in total. The van der Waals surface area contributed by atoms with Gasteiger partial charge in [-0.25, -0.2) is 8.42 Å². The summed E-state index contributed by atoms with van der Waals surface area (Å²) in [4.78, 5) is 11.5. The first kappa shape index (κ1) is 15.5. The molecule has 19 heavy (non-hydrogen) atoms. The van der Waals surface area contributed by atoms with Crippen molar-refractivity contribution in [2.45, 2.75) is 25.5 Å². The average Bonchev–Trinajstić information content (AvgIpc) is 2.31. The quantitative estimate of drug-likeness (QED) is 0.579. The lowest BCUT2D eigenvalue weighted by Gasteiger charge is -2.06. The number of anilines is 1. The van der Waals surface area contributed by atoms with Crippen molar-refractivity contribution in [2.24, 2.45) is 0 Å². The van der Waals surface area contributed by atoms with Crippen molar-refractivity contribution < 1.29 is 13.2 Å². The molecule has 0 bridgehead atoms. The van der Waals surface area contributed by atoms with Crippen molar-refractivity contribution in [1.29, 1.82) is 0 Å². The van der Waals surface area contributed by atoms with Gasteiger partial charge < -0.3 is 11.1 Å². The third kappa shape index (κ3) is 6.24. The van der Waals surface area contributed by atoms with E-state index in [1.165, 1.54) is 0 Å². The van der Waals surface area contributed by atoms with Crippen LogP contribution in [0.4, 0.5) is 5.69 Å². The molecule has 0 heterocycles. The Morgan fingerprint density at radius 2 is 1.89 bits per heavy atom. The van der Waals surface area contributed by atoms with Crippen LogP contribution in [0.1, 0.15) is 25.3 Å². The van der Waals surface area contributed by atoms with Crippen LogP contribution in [0.2, 0.25) is 0 Å². The molecular formula is C13H20N2O3S. The normalized spacial score (nSPS) is 11.2. The summed E-state index contributed by atoms with van der Waals surface area (Å²) >= 11 is 0. The lowest BCUT2D eigenvalue weighted by atomic mass is 10.2. The second-order valence-corrected chi connectivity index (χ2v) is 6.54. The van der Waals surface area contributed by atoms with E-state index in [0.29, 0.717) is 17.8 Å². The first-order valence-corrected chi connectivity index (χ1v) is 8.06. The number of hydrogen-bond acceptors (Lipinski definition) is 4. The van der Waals surface area contributed by atoms with Gasteiger partial charge in [-0.2, -0.15) is 0 Å². The maximum atomic E-state index is 11.8. The Labute approximate surface area is 114 Å². The number of carbonyl (C=O) groups excluding carboxylic acids is 1. The van der Waals surface area contributed by atoms with Gasteiger partial charge in [-0.15, -0.1) is 0 Å². The molecule has 0 fully saturated rings.